The number of carboxylic acids is 1. The predicted octanol–water partition coefficient (Wildman–Crippen LogP) is 0.943. The highest BCUT2D eigenvalue weighted by Crippen LogP contribution is 2.26. The average Bonchev–Trinajstić information content (AvgIpc) is 3.01. The summed E-state index contributed by atoms with van der Waals surface area (Å²) in [6.45, 7) is 6.72. The van der Waals surface area contributed by atoms with Crippen molar-refractivity contribution in [2.45, 2.75) is 52.3 Å². The Morgan fingerprint density at radius 2 is 1.93 bits per heavy atom. The quantitative estimate of drug-likeness (QED) is 0.744. The number of benzene rings is 1. The van der Waals surface area contributed by atoms with Crippen molar-refractivity contribution in [3.8, 4) is 0 Å². The van der Waals surface area contributed by atoms with Crippen LogP contribution in [0, 0.1) is 12.8 Å². The van der Waals surface area contributed by atoms with Gasteiger partial charge in [-0.2, -0.15) is 0 Å². The summed E-state index contributed by atoms with van der Waals surface area (Å²) in [5.41, 5.74) is 2.53. The molecule has 0 spiro atoms. The molecule has 0 saturated carbocycles. The number of hydrogen-bond donors (Lipinski definition) is 2. The van der Waals surface area contributed by atoms with Gasteiger partial charge in [0.05, 0.1) is 6.61 Å². The molecule has 0 radical (unpaired) electrons. The van der Waals surface area contributed by atoms with Crippen molar-refractivity contribution in [2.75, 3.05) is 13.2 Å². The van der Waals surface area contributed by atoms with Crippen molar-refractivity contribution < 1.29 is 29.1 Å². The standard InChI is InChI=1S/C19H26BNO6/c1-11(2)17(19(23)24)21(14-6-8-26-9-7-14)18(22)15-5-4-13-10-27-20(25)16(13)12(15)3/h4-5,11,14,17,25H,6-10H2,1-3H3,(H,23,24). The van der Waals surface area contributed by atoms with E-state index >= 15 is 0 Å². The van der Waals surface area contributed by atoms with Gasteiger partial charge in [0.15, 0.2) is 0 Å². The Bertz CT molecular complexity index is 731. The second-order valence-electron chi connectivity index (χ2n) is 7.56. The number of carboxylic acid groups (broad SMARTS) is 1. The number of carbonyl (C=O) groups is 2. The number of nitrogens with zero attached hydrogens (tertiary/aromatic N) is 1. The van der Waals surface area contributed by atoms with Gasteiger partial charge in [0.25, 0.3) is 5.91 Å². The van der Waals surface area contributed by atoms with Crippen molar-refractivity contribution in [2.24, 2.45) is 5.92 Å². The third-order valence-corrected chi connectivity index (χ3v) is 5.48. The van der Waals surface area contributed by atoms with Crippen molar-refractivity contribution in [1.29, 1.82) is 0 Å². The van der Waals surface area contributed by atoms with E-state index in [1.165, 1.54) is 4.90 Å². The van der Waals surface area contributed by atoms with Crippen LogP contribution < -0.4 is 5.46 Å². The van der Waals surface area contributed by atoms with Crippen LogP contribution >= 0.6 is 0 Å². The van der Waals surface area contributed by atoms with Crippen LogP contribution in [-0.4, -0.2) is 59.3 Å². The molecule has 1 aromatic rings. The molecule has 0 bridgehead atoms. The number of amides is 1. The molecule has 3 rings (SSSR count). The smallest absolute Gasteiger partial charge is 0.480 e. The first-order valence-electron chi connectivity index (χ1n) is 9.38. The fourth-order valence-corrected chi connectivity index (χ4v) is 4.09. The summed E-state index contributed by atoms with van der Waals surface area (Å²) in [4.78, 5) is 27.0. The van der Waals surface area contributed by atoms with Gasteiger partial charge in [-0.15, -0.1) is 0 Å². The number of hydrogen-bond acceptors (Lipinski definition) is 5. The molecule has 0 aliphatic carbocycles. The van der Waals surface area contributed by atoms with E-state index < -0.39 is 19.1 Å². The largest absolute Gasteiger partial charge is 0.492 e. The average molecular weight is 375 g/mol. The van der Waals surface area contributed by atoms with Crippen molar-refractivity contribution in [3.05, 3.63) is 28.8 Å². The van der Waals surface area contributed by atoms with Gasteiger partial charge in [-0.3, -0.25) is 4.79 Å². The fraction of sp³-hybridized carbons (Fsp3) is 0.579. The molecule has 1 aromatic carbocycles. The summed E-state index contributed by atoms with van der Waals surface area (Å²) in [5.74, 6) is -1.56. The van der Waals surface area contributed by atoms with E-state index in [4.69, 9.17) is 9.39 Å². The zero-order chi connectivity index (χ0) is 19.7. The highest BCUT2D eigenvalue weighted by atomic mass is 16.5. The Labute approximate surface area is 159 Å². The van der Waals surface area contributed by atoms with Gasteiger partial charge < -0.3 is 24.4 Å². The van der Waals surface area contributed by atoms with Crippen LogP contribution in [0.4, 0.5) is 0 Å². The first kappa shape index (κ1) is 19.9. The van der Waals surface area contributed by atoms with Crippen LogP contribution in [0.25, 0.3) is 0 Å². The second-order valence-corrected chi connectivity index (χ2v) is 7.56. The molecule has 7 nitrogen and oxygen atoms in total. The van der Waals surface area contributed by atoms with Crippen LogP contribution in [0.1, 0.15) is 48.2 Å². The first-order chi connectivity index (χ1) is 12.8. The normalized spacial score (nSPS) is 18.5. The summed E-state index contributed by atoms with van der Waals surface area (Å²) >= 11 is 0. The molecule has 2 heterocycles. The van der Waals surface area contributed by atoms with E-state index in [9.17, 15) is 19.7 Å². The molecule has 2 N–H and O–H groups in total. The van der Waals surface area contributed by atoms with Gasteiger partial charge in [-0.25, -0.2) is 4.79 Å². The number of fused-ring (bicyclic) bond motifs is 1. The Morgan fingerprint density at radius 1 is 1.26 bits per heavy atom. The van der Waals surface area contributed by atoms with E-state index in [1.54, 1.807) is 19.1 Å². The van der Waals surface area contributed by atoms with E-state index in [2.05, 4.69) is 0 Å². The maximum Gasteiger partial charge on any atom is 0.492 e. The van der Waals surface area contributed by atoms with Crippen LogP contribution in [0.5, 0.6) is 0 Å². The van der Waals surface area contributed by atoms with Gasteiger partial charge in [0.1, 0.15) is 6.04 Å². The summed E-state index contributed by atoms with van der Waals surface area (Å²) in [6.07, 6.45) is 1.22. The van der Waals surface area contributed by atoms with Crippen LogP contribution in [-0.2, 0) is 20.8 Å². The Balaban J connectivity index is 2.03. The van der Waals surface area contributed by atoms with Gasteiger partial charge in [0.2, 0.25) is 0 Å². The number of carbonyl (C=O) groups excluding carboxylic acids is 1. The zero-order valence-corrected chi connectivity index (χ0v) is 16.0. The van der Waals surface area contributed by atoms with Crippen molar-refractivity contribution in [3.63, 3.8) is 0 Å². The van der Waals surface area contributed by atoms with Crippen LogP contribution in [0.2, 0.25) is 0 Å². The Morgan fingerprint density at radius 3 is 2.52 bits per heavy atom. The Hall–Kier alpha value is -1.90. The minimum Gasteiger partial charge on any atom is -0.480 e. The number of aliphatic carboxylic acids is 1. The molecule has 1 atom stereocenters. The Kier molecular flexibility index (Phi) is 5.88. The molecule has 0 aromatic heterocycles. The van der Waals surface area contributed by atoms with E-state index in [1.807, 2.05) is 13.8 Å². The van der Waals surface area contributed by atoms with Gasteiger partial charge in [-0.05, 0) is 48.3 Å². The van der Waals surface area contributed by atoms with E-state index in [-0.39, 0.29) is 17.9 Å². The summed E-state index contributed by atoms with van der Waals surface area (Å²) in [5, 5.41) is 19.9. The third-order valence-electron chi connectivity index (χ3n) is 5.48. The highest BCUT2D eigenvalue weighted by Gasteiger charge is 2.40. The lowest BCUT2D eigenvalue weighted by atomic mass is 9.75. The molecule has 1 amide bonds. The van der Waals surface area contributed by atoms with Crippen molar-refractivity contribution >= 4 is 24.5 Å². The summed E-state index contributed by atoms with van der Waals surface area (Å²) < 4.78 is 10.7. The van der Waals surface area contributed by atoms with E-state index in [0.717, 1.165) is 5.56 Å². The lowest BCUT2D eigenvalue weighted by Gasteiger charge is -2.40. The summed E-state index contributed by atoms with van der Waals surface area (Å²) in [6, 6.07) is 2.38. The topological polar surface area (TPSA) is 96.3 Å². The molecule has 1 unspecified atom stereocenters. The molecular formula is C19H26BNO6. The molecule has 8 heteroatoms. The molecule has 2 aliphatic rings. The van der Waals surface area contributed by atoms with Crippen LogP contribution in [0.3, 0.4) is 0 Å². The number of rotatable bonds is 5. The maximum atomic E-state index is 13.5. The predicted molar refractivity (Wildman–Crippen MR) is 99.8 cm³/mol. The number of ether oxygens (including phenoxy) is 1. The minimum absolute atomic E-state index is 0.191. The lowest BCUT2D eigenvalue weighted by Crippen LogP contribution is -2.54. The molecule has 1 fully saturated rings. The maximum absolute atomic E-state index is 13.5. The SMILES string of the molecule is Cc1c(C(=O)N(C2CCOCC2)C(C(=O)O)C(C)C)ccc2c1B(O)OC2. The summed E-state index contributed by atoms with van der Waals surface area (Å²) in [7, 11) is -1.05. The molecule has 27 heavy (non-hydrogen) atoms. The minimum atomic E-state index is -1.05. The lowest BCUT2D eigenvalue weighted by molar-refractivity contribution is -0.145. The third kappa shape index (κ3) is 3.74. The van der Waals surface area contributed by atoms with Crippen LogP contribution in [0.15, 0.2) is 12.1 Å². The molecular weight excluding hydrogens is 349 g/mol. The fourth-order valence-electron chi connectivity index (χ4n) is 4.09. The van der Waals surface area contributed by atoms with Gasteiger partial charge in [0, 0.05) is 24.8 Å². The zero-order valence-electron chi connectivity index (χ0n) is 16.0. The van der Waals surface area contributed by atoms with E-state index in [0.29, 0.717) is 49.3 Å². The molecule has 146 valence electrons. The van der Waals surface area contributed by atoms with Gasteiger partial charge in [-0.1, -0.05) is 19.9 Å². The second kappa shape index (κ2) is 8.00. The first-order valence-corrected chi connectivity index (χ1v) is 9.38. The molecule has 2 aliphatic heterocycles. The van der Waals surface area contributed by atoms with Gasteiger partial charge >= 0.3 is 13.1 Å². The molecule has 1 saturated heterocycles. The van der Waals surface area contributed by atoms with Crippen molar-refractivity contribution in [1.82, 2.24) is 4.90 Å². The highest BCUT2D eigenvalue weighted by molar-refractivity contribution is 6.62. The monoisotopic (exact) mass is 375 g/mol.